The Hall–Kier alpha value is -1.23. The molecule has 1 aromatic rings. The second-order valence-electron chi connectivity index (χ2n) is 4.22. The Kier molecular flexibility index (Phi) is 5.98. The molecular formula is C13H19NO3S. The number of Topliss-reactive ketones (excluding diaryl/α,β-unsaturated/α-hetero) is 1. The Bertz CT molecular complexity index is 414. The van der Waals surface area contributed by atoms with Crippen LogP contribution in [0.4, 0.5) is 0 Å². The Morgan fingerprint density at radius 2 is 2.22 bits per heavy atom. The second kappa shape index (κ2) is 7.26. The van der Waals surface area contributed by atoms with Gasteiger partial charge in [-0.3, -0.25) is 9.59 Å². The molecule has 0 amide bonds. The minimum Gasteiger partial charge on any atom is -0.468 e. The first-order chi connectivity index (χ1) is 8.58. The zero-order valence-electron chi connectivity index (χ0n) is 11.1. The van der Waals surface area contributed by atoms with Gasteiger partial charge in [-0.1, -0.05) is 19.8 Å². The average Bonchev–Trinajstić information content (AvgIpc) is 2.74. The number of ether oxygens (including phenoxy) is 1. The van der Waals surface area contributed by atoms with Gasteiger partial charge in [0.2, 0.25) is 0 Å². The van der Waals surface area contributed by atoms with Crippen LogP contribution in [0, 0.1) is 12.8 Å². The monoisotopic (exact) mass is 269 g/mol. The van der Waals surface area contributed by atoms with Crippen LogP contribution >= 0.6 is 11.3 Å². The summed E-state index contributed by atoms with van der Waals surface area (Å²) in [7, 11) is 1.32. The Labute approximate surface area is 111 Å². The van der Waals surface area contributed by atoms with Crippen LogP contribution in [0.3, 0.4) is 0 Å². The van der Waals surface area contributed by atoms with Crippen molar-refractivity contribution in [3.05, 3.63) is 16.1 Å². The number of ketones is 1. The molecule has 0 N–H and O–H groups in total. The lowest BCUT2D eigenvalue weighted by Gasteiger charge is -2.12. The number of hydrogen-bond donors (Lipinski definition) is 0. The Morgan fingerprint density at radius 3 is 2.72 bits per heavy atom. The Balaban J connectivity index is 2.66. The number of carbonyl (C=O) groups excluding carboxylic acids is 2. The lowest BCUT2D eigenvalue weighted by atomic mass is 9.95. The van der Waals surface area contributed by atoms with E-state index in [0.29, 0.717) is 6.42 Å². The molecule has 0 spiro atoms. The lowest BCUT2D eigenvalue weighted by molar-refractivity contribution is -0.149. The summed E-state index contributed by atoms with van der Waals surface area (Å²) in [5.41, 5.74) is 0.743. The summed E-state index contributed by atoms with van der Waals surface area (Å²) in [6.45, 7) is 3.93. The van der Waals surface area contributed by atoms with E-state index < -0.39 is 11.9 Å². The van der Waals surface area contributed by atoms with Crippen LogP contribution in [-0.2, 0) is 20.7 Å². The maximum absolute atomic E-state index is 12.1. The number of aromatic nitrogens is 1. The maximum atomic E-state index is 12.1. The van der Waals surface area contributed by atoms with Crippen molar-refractivity contribution in [2.75, 3.05) is 7.11 Å². The van der Waals surface area contributed by atoms with Gasteiger partial charge >= 0.3 is 5.97 Å². The van der Waals surface area contributed by atoms with Crippen molar-refractivity contribution >= 4 is 23.1 Å². The van der Waals surface area contributed by atoms with Gasteiger partial charge in [0.1, 0.15) is 5.92 Å². The number of nitrogens with zero attached hydrogens (tertiary/aromatic N) is 1. The van der Waals surface area contributed by atoms with Crippen molar-refractivity contribution in [3.63, 3.8) is 0 Å². The van der Waals surface area contributed by atoms with Crippen molar-refractivity contribution in [2.24, 2.45) is 5.92 Å². The van der Waals surface area contributed by atoms with Gasteiger partial charge in [0, 0.05) is 5.38 Å². The van der Waals surface area contributed by atoms with Crippen LogP contribution in [0.25, 0.3) is 0 Å². The molecule has 4 nitrogen and oxygen atoms in total. The molecule has 100 valence electrons. The molecule has 0 aliphatic carbocycles. The summed E-state index contributed by atoms with van der Waals surface area (Å²) in [6.07, 6.45) is 2.58. The van der Waals surface area contributed by atoms with E-state index >= 15 is 0 Å². The largest absolute Gasteiger partial charge is 0.468 e. The van der Waals surface area contributed by atoms with Crippen LogP contribution < -0.4 is 0 Å². The van der Waals surface area contributed by atoms with Gasteiger partial charge in [0.15, 0.2) is 5.78 Å². The molecule has 1 rings (SSSR count). The summed E-state index contributed by atoms with van der Waals surface area (Å²) >= 11 is 1.51. The van der Waals surface area contributed by atoms with E-state index in [0.717, 1.165) is 23.5 Å². The first kappa shape index (κ1) is 14.8. The number of aryl methyl sites for hydroxylation is 1. The van der Waals surface area contributed by atoms with E-state index in [1.807, 2.05) is 19.2 Å². The highest BCUT2D eigenvalue weighted by Gasteiger charge is 2.27. The molecule has 0 aromatic carbocycles. The Morgan fingerprint density at radius 1 is 1.50 bits per heavy atom. The van der Waals surface area contributed by atoms with E-state index in [1.54, 1.807) is 0 Å². The molecule has 0 saturated heterocycles. The maximum Gasteiger partial charge on any atom is 0.316 e. The molecule has 1 heterocycles. The SMILES string of the molecule is CCCCC(C(=O)Cc1csc(C)n1)C(=O)OC. The molecule has 0 bridgehead atoms. The van der Waals surface area contributed by atoms with E-state index in [4.69, 9.17) is 4.74 Å². The number of methoxy groups -OCH3 is 1. The summed E-state index contributed by atoms with van der Waals surface area (Å²) in [4.78, 5) is 27.9. The predicted octanol–water partition coefficient (Wildman–Crippen LogP) is 2.54. The van der Waals surface area contributed by atoms with Gasteiger partial charge in [0.25, 0.3) is 0 Å². The highest BCUT2D eigenvalue weighted by Crippen LogP contribution is 2.16. The van der Waals surface area contributed by atoms with Gasteiger partial charge in [-0.25, -0.2) is 4.98 Å². The van der Waals surface area contributed by atoms with E-state index in [9.17, 15) is 9.59 Å². The molecule has 1 unspecified atom stereocenters. The third-order valence-electron chi connectivity index (χ3n) is 2.74. The number of esters is 1. The second-order valence-corrected chi connectivity index (χ2v) is 5.28. The normalized spacial score (nSPS) is 12.2. The third kappa shape index (κ3) is 4.22. The molecular weight excluding hydrogens is 250 g/mol. The summed E-state index contributed by atoms with van der Waals surface area (Å²) in [5, 5.41) is 2.79. The van der Waals surface area contributed by atoms with E-state index in [2.05, 4.69) is 4.98 Å². The molecule has 1 aromatic heterocycles. The molecule has 1 atom stereocenters. The standard InChI is InChI=1S/C13H19NO3S/c1-4-5-6-11(13(16)17-3)12(15)7-10-8-18-9(2)14-10/h8,11H,4-7H2,1-3H3. The van der Waals surface area contributed by atoms with Crippen molar-refractivity contribution in [3.8, 4) is 0 Å². The highest BCUT2D eigenvalue weighted by atomic mass is 32.1. The van der Waals surface area contributed by atoms with Crippen molar-refractivity contribution in [2.45, 2.75) is 39.5 Å². The molecule has 0 radical (unpaired) electrons. The fourth-order valence-electron chi connectivity index (χ4n) is 1.75. The van der Waals surface area contributed by atoms with Crippen molar-refractivity contribution < 1.29 is 14.3 Å². The van der Waals surface area contributed by atoms with Gasteiger partial charge in [-0.05, 0) is 13.3 Å². The summed E-state index contributed by atoms with van der Waals surface area (Å²) in [6, 6.07) is 0. The van der Waals surface area contributed by atoms with Crippen molar-refractivity contribution in [1.29, 1.82) is 0 Å². The molecule has 0 aliphatic heterocycles. The minimum atomic E-state index is -0.642. The number of unbranched alkanes of at least 4 members (excludes halogenated alkanes) is 1. The zero-order valence-corrected chi connectivity index (χ0v) is 11.9. The molecule has 0 fully saturated rings. The predicted molar refractivity (Wildman–Crippen MR) is 70.6 cm³/mol. The minimum absolute atomic E-state index is 0.0967. The van der Waals surface area contributed by atoms with Gasteiger partial charge < -0.3 is 4.74 Å². The van der Waals surface area contributed by atoms with Crippen LogP contribution in [0.15, 0.2) is 5.38 Å². The number of thiazole rings is 1. The van der Waals surface area contributed by atoms with E-state index in [-0.39, 0.29) is 12.2 Å². The third-order valence-corrected chi connectivity index (χ3v) is 3.56. The number of hydrogen-bond acceptors (Lipinski definition) is 5. The molecule has 0 saturated carbocycles. The first-order valence-electron chi connectivity index (χ1n) is 6.10. The van der Waals surface area contributed by atoms with Gasteiger partial charge in [0.05, 0.1) is 24.2 Å². The molecule has 0 aliphatic rings. The summed E-state index contributed by atoms with van der Waals surface area (Å²) < 4.78 is 4.70. The topological polar surface area (TPSA) is 56.3 Å². The summed E-state index contributed by atoms with van der Waals surface area (Å²) in [5.74, 6) is -1.17. The van der Waals surface area contributed by atoms with Crippen LogP contribution in [0.1, 0.15) is 36.9 Å². The van der Waals surface area contributed by atoms with Crippen molar-refractivity contribution in [1.82, 2.24) is 4.98 Å². The fourth-order valence-corrected chi connectivity index (χ4v) is 2.36. The zero-order chi connectivity index (χ0) is 13.5. The van der Waals surface area contributed by atoms with Crippen LogP contribution in [-0.4, -0.2) is 23.8 Å². The fraction of sp³-hybridized carbons (Fsp3) is 0.615. The molecule has 5 heteroatoms. The quantitative estimate of drug-likeness (QED) is 0.564. The lowest BCUT2D eigenvalue weighted by Crippen LogP contribution is -2.26. The van der Waals surface area contributed by atoms with Crippen LogP contribution in [0.5, 0.6) is 0 Å². The number of carbonyl (C=O) groups is 2. The highest BCUT2D eigenvalue weighted by molar-refractivity contribution is 7.09. The average molecular weight is 269 g/mol. The van der Waals surface area contributed by atoms with Crippen LogP contribution in [0.2, 0.25) is 0 Å². The van der Waals surface area contributed by atoms with Gasteiger partial charge in [-0.2, -0.15) is 0 Å². The molecule has 18 heavy (non-hydrogen) atoms. The number of rotatable bonds is 7. The smallest absolute Gasteiger partial charge is 0.316 e. The van der Waals surface area contributed by atoms with Gasteiger partial charge in [-0.15, -0.1) is 11.3 Å². The first-order valence-corrected chi connectivity index (χ1v) is 6.98. The van der Waals surface area contributed by atoms with E-state index in [1.165, 1.54) is 18.4 Å².